The van der Waals surface area contributed by atoms with Crippen LogP contribution in [0.15, 0.2) is 36.0 Å². The van der Waals surface area contributed by atoms with Gasteiger partial charge in [-0.1, -0.05) is 71.9 Å². The molecule has 16 atom stereocenters. The minimum absolute atomic E-state index is 0.0213. The Hall–Kier alpha value is -3.11. The van der Waals surface area contributed by atoms with E-state index >= 15 is 0 Å². The Kier molecular flexibility index (Phi) is 20.6. The summed E-state index contributed by atoms with van der Waals surface area (Å²) in [6, 6.07) is -1.17. The standard InChI is InChI=1S/C50H79NO13/c1-29-13-9-8-10-14-30(2)42(55)25-38-18-16-35(7)50(62,64-38)47(59)48(60)51-20-12-11-15-40(51)49(61)63-44(32(4)23-36-17-19-41(54)37(24-36)27-52)26-43(56)31(3)22-34(6)46(58)39(28-53)45(57)33(5)21-29/h8-10,13-14,29,31-42,44,46,52-55,58,62H,11-12,15-28H2,1-7H3/b10-8?,13-9+,30-14?/t29-,31-,32-,33-,34?,35-,36+,37+,38+,39+,40+,41-,42?,44+,46-,50+/m1/s1. The average molecular weight is 902 g/mol. The number of carbonyl (C=O) groups is 5. The van der Waals surface area contributed by atoms with Crippen molar-refractivity contribution in [1.82, 2.24) is 4.90 Å². The fraction of sp³-hybridized carbons (Fsp3) is 0.780. The van der Waals surface area contributed by atoms with Gasteiger partial charge < -0.3 is 45.0 Å². The van der Waals surface area contributed by atoms with E-state index in [9.17, 15) is 54.6 Å². The average Bonchev–Trinajstić information content (AvgIpc) is 3.26. The molecule has 14 heteroatoms. The second-order valence-electron chi connectivity index (χ2n) is 20.1. The summed E-state index contributed by atoms with van der Waals surface area (Å²) >= 11 is 0. The molecule has 362 valence electrons. The highest BCUT2D eigenvalue weighted by Crippen LogP contribution is 2.38. The third kappa shape index (κ3) is 14.0. The van der Waals surface area contributed by atoms with Crippen molar-refractivity contribution in [2.75, 3.05) is 19.8 Å². The summed E-state index contributed by atoms with van der Waals surface area (Å²) in [6.07, 6.45) is 9.44. The molecule has 0 aromatic heterocycles. The smallest absolute Gasteiger partial charge is 0.329 e. The fourth-order valence-electron chi connectivity index (χ4n) is 10.4. The normalized spacial score (nSPS) is 40.0. The van der Waals surface area contributed by atoms with Crippen molar-refractivity contribution in [2.24, 2.45) is 53.3 Å². The molecule has 0 spiro atoms. The molecular formula is C50H79NO13. The van der Waals surface area contributed by atoms with Gasteiger partial charge in [-0.15, -0.1) is 0 Å². The van der Waals surface area contributed by atoms with Crippen LogP contribution in [0.1, 0.15) is 132 Å². The number of ether oxygens (including phenoxy) is 2. The number of allylic oxidation sites excluding steroid dienone is 5. The maximum Gasteiger partial charge on any atom is 0.329 e. The Bertz CT molecular complexity index is 1680. The molecule has 6 N–H and O–H groups in total. The third-order valence-electron chi connectivity index (χ3n) is 14.9. The van der Waals surface area contributed by atoms with E-state index in [4.69, 9.17) is 9.47 Å². The fourth-order valence-corrected chi connectivity index (χ4v) is 10.4. The second-order valence-corrected chi connectivity index (χ2v) is 20.1. The van der Waals surface area contributed by atoms with Gasteiger partial charge in [-0.05, 0) is 107 Å². The van der Waals surface area contributed by atoms with Crippen LogP contribution in [-0.2, 0) is 33.4 Å². The van der Waals surface area contributed by atoms with Gasteiger partial charge in [-0.2, -0.15) is 0 Å². The number of ketones is 3. The van der Waals surface area contributed by atoms with Gasteiger partial charge in [0.1, 0.15) is 23.7 Å². The zero-order valence-electron chi connectivity index (χ0n) is 39.3. The van der Waals surface area contributed by atoms with Crippen LogP contribution >= 0.6 is 0 Å². The number of fused-ring (bicyclic) bond motifs is 3. The molecule has 14 nitrogen and oxygen atoms in total. The largest absolute Gasteiger partial charge is 0.460 e. The van der Waals surface area contributed by atoms with Crippen molar-refractivity contribution in [3.05, 3.63) is 36.0 Å². The molecule has 0 radical (unpaired) electrons. The van der Waals surface area contributed by atoms with Crippen LogP contribution in [0.4, 0.5) is 0 Å². The molecule has 2 unspecified atom stereocenters. The third-order valence-corrected chi connectivity index (χ3v) is 14.9. The quantitative estimate of drug-likeness (QED) is 0.161. The number of hydrogen-bond donors (Lipinski definition) is 6. The highest BCUT2D eigenvalue weighted by atomic mass is 16.6. The van der Waals surface area contributed by atoms with Crippen molar-refractivity contribution in [3.8, 4) is 0 Å². The number of esters is 1. The predicted molar refractivity (Wildman–Crippen MR) is 240 cm³/mol. The first-order chi connectivity index (χ1) is 30.2. The van der Waals surface area contributed by atoms with Gasteiger partial charge >= 0.3 is 5.97 Å². The van der Waals surface area contributed by atoms with E-state index in [-0.39, 0.29) is 74.1 Å². The molecule has 64 heavy (non-hydrogen) atoms. The van der Waals surface area contributed by atoms with Gasteiger partial charge in [0.25, 0.3) is 11.7 Å². The van der Waals surface area contributed by atoms with E-state index < -0.39 is 96.2 Å². The number of nitrogens with zero attached hydrogens (tertiary/aromatic N) is 1. The first-order valence-electron chi connectivity index (χ1n) is 24.0. The predicted octanol–water partition coefficient (Wildman–Crippen LogP) is 4.79. The zero-order chi connectivity index (χ0) is 47.5. The van der Waals surface area contributed by atoms with E-state index in [0.717, 1.165) is 4.90 Å². The van der Waals surface area contributed by atoms with Crippen LogP contribution in [0.3, 0.4) is 0 Å². The van der Waals surface area contributed by atoms with Gasteiger partial charge in [-0.25, -0.2) is 4.79 Å². The molecular weight excluding hydrogens is 823 g/mol. The van der Waals surface area contributed by atoms with Crippen molar-refractivity contribution in [1.29, 1.82) is 0 Å². The van der Waals surface area contributed by atoms with Gasteiger partial charge in [0.15, 0.2) is 0 Å². The van der Waals surface area contributed by atoms with Crippen molar-refractivity contribution >= 4 is 29.2 Å². The van der Waals surface area contributed by atoms with Gasteiger partial charge in [-0.3, -0.25) is 19.2 Å². The van der Waals surface area contributed by atoms with E-state index in [1.807, 2.05) is 26.0 Å². The molecule has 1 aliphatic carbocycles. The van der Waals surface area contributed by atoms with Gasteiger partial charge in [0.05, 0.1) is 36.9 Å². The van der Waals surface area contributed by atoms with Gasteiger partial charge in [0, 0.05) is 49.7 Å². The SMILES string of the molecule is CC1=CC=C/C=C/[C@@H](C)C[C@@H](C)C(=O)[C@H](CO)[C@H](O)C(C)C[C@@H](C)C(=O)C[C@@H]([C@H](C)C[C@@H]2CC[C@@H](O)[C@H](CO)C2)OC(=O)[C@@H]2CCCCN2C(=O)C(=O)[C@@]2(O)O[C@@H](CC[C@H]2C)CC1O. The molecule has 4 rings (SSSR count). The highest BCUT2D eigenvalue weighted by Gasteiger charge is 2.53. The molecule has 2 bridgehead atoms. The Labute approximate surface area is 380 Å². The molecule has 1 amide bonds. The van der Waals surface area contributed by atoms with Crippen LogP contribution in [-0.4, -0.2) is 127 Å². The van der Waals surface area contributed by atoms with Crippen molar-refractivity contribution in [3.63, 3.8) is 0 Å². The number of carbonyl (C=O) groups excluding carboxylic acids is 5. The van der Waals surface area contributed by atoms with E-state index in [0.29, 0.717) is 63.4 Å². The first-order valence-corrected chi connectivity index (χ1v) is 24.0. The van der Waals surface area contributed by atoms with Crippen LogP contribution in [0.2, 0.25) is 0 Å². The Morgan fingerprint density at radius 1 is 0.828 bits per heavy atom. The molecule has 3 aliphatic heterocycles. The zero-order valence-corrected chi connectivity index (χ0v) is 39.3. The molecule has 0 aromatic carbocycles. The van der Waals surface area contributed by atoms with Crippen molar-refractivity contribution < 1.29 is 64.1 Å². The Morgan fingerprint density at radius 2 is 1.55 bits per heavy atom. The maximum absolute atomic E-state index is 14.3. The summed E-state index contributed by atoms with van der Waals surface area (Å²) in [5, 5.41) is 65.0. The second kappa shape index (κ2) is 24.6. The minimum Gasteiger partial charge on any atom is -0.460 e. The van der Waals surface area contributed by atoms with Crippen LogP contribution in [0.25, 0.3) is 0 Å². The Morgan fingerprint density at radius 3 is 2.23 bits per heavy atom. The van der Waals surface area contributed by atoms with E-state index in [1.54, 1.807) is 52.8 Å². The van der Waals surface area contributed by atoms with Gasteiger partial charge in [0.2, 0.25) is 5.79 Å². The van der Waals surface area contributed by atoms with Crippen molar-refractivity contribution in [2.45, 2.75) is 174 Å². The monoisotopic (exact) mass is 902 g/mol. The number of cyclic esters (lactones) is 1. The Balaban J connectivity index is 1.66. The number of aliphatic hydroxyl groups excluding tert-OH is 5. The summed E-state index contributed by atoms with van der Waals surface area (Å²) in [5.41, 5.74) is 0.613. The minimum atomic E-state index is -2.49. The summed E-state index contributed by atoms with van der Waals surface area (Å²) in [4.78, 5) is 71.4. The lowest BCUT2D eigenvalue weighted by atomic mass is 9.75. The number of Topliss-reactive ketones (excluding diaryl/α,β-unsaturated/α-hetero) is 3. The van der Waals surface area contributed by atoms with Crippen LogP contribution < -0.4 is 0 Å². The lowest BCUT2D eigenvalue weighted by Crippen LogP contribution is -2.61. The van der Waals surface area contributed by atoms with E-state index in [2.05, 4.69) is 0 Å². The van der Waals surface area contributed by atoms with Crippen LogP contribution in [0, 0.1) is 53.3 Å². The number of piperidine rings is 1. The van der Waals surface area contributed by atoms with E-state index in [1.165, 1.54) is 0 Å². The van der Waals surface area contributed by atoms with Crippen LogP contribution in [0.5, 0.6) is 0 Å². The summed E-state index contributed by atoms with van der Waals surface area (Å²) in [7, 11) is 0. The first kappa shape index (κ1) is 53.5. The number of aliphatic hydroxyl groups is 6. The molecule has 3 heterocycles. The topological polar surface area (TPSA) is 228 Å². The highest BCUT2D eigenvalue weighted by molar-refractivity contribution is 6.39. The molecule has 3 fully saturated rings. The molecule has 4 aliphatic rings. The number of rotatable bonds is 5. The summed E-state index contributed by atoms with van der Waals surface area (Å²) in [6.45, 7) is 11.8. The molecule has 1 saturated carbocycles. The number of amides is 1. The lowest BCUT2D eigenvalue weighted by Gasteiger charge is -2.42. The molecule has 0 aromatic rings. The molecule has 2 saturated heterocycles. The lowest BCUT2D eigenvalue weighted by molar-refractivity contribution is -0.265. The summed E-state index contributed by atoms with van der Waals surface area (Å²) in [5.74, 6) is -10.1. The maximum atomic E-state index is 14.3. The number of hydrogen-bond acceptors (Lipinski definition) is 13. The summed E-state index contributed by atoms with van der Waals surface area (Å²) < 4.78 is 12.2.